The van der Waals surface area contributed by atoms with Crippen molar-refractivity contribution in [2.75, 3.05) is 12.9 Å². The first-order valence-corrected chi connectivity index (χ1v) is 9.23. The van der Waals surface area contributed by atoms with E-state index in [0.717, 1.165) is 6.07 Å². The highest BCUT2D eigenvalue weighted by Crippen LogP contribution is 2.22. The van der Waals surface area contributed by atoms with Crippen LogP contribution in [0.5, 0.6) is 0 Å². The number of esters is 1. The van der Waals surface area contributed by atoms with Crippen LogP contribution in [-0.4, -0.2) is 23.0 Å². The molecule has 25 heavy (non-hydrogen) atoms. The zero-order valence-corrected chi connectivity index (χ0v) is 15.2. The van der Waals surface area contributed by atoms with E-state index in [1.54, 1.807) is 19.9 Å². The van der Waals surface area contributed by atoms with Crippen LogP contribution in [0.4, 0.5) is 8.78 Å². The molecule has 1 atom stereocenters. The number of hydrogen-bond donors (Lipinski definition) is 0. The lowest BCUT2D eigenvalue weighted by molar-refractivity contribution is 0.0599. The number of methoxy groups -OCH3 is 1. The number of carbonyl (C=O) groups is 1. The van der Waals surface area contributed by atoms with Crippen molar-refractivity contribution in [1.29, 1.82) is 0 Å². The maximum atomic E-state index is 14.2. The number of benzene rings is 2. The lowest BCUT2D eigenvalue weighted by Crippen LogP contribution is -2.08. The number of halogens is 2. The molecule has 0 saturated heterocycles. The van der Waals surface area contributed by atoms with Gasteiger partial charge in [-0.3, -0.25) is 4.21 Å². The third-order valence-corrected chi connectivity index (χ3v) is 5.45. The molecule has 0 radical (unpaired) electrons. The molecule has 0 heterocycles. The average Bonchev–Trinajstić information content (AvgIpc) is 2.60. The highest BCUT2D eigenvalue weighted by atomic mass is 32.2. The molecule has 1 unspecified atom stereocenters. The van der Waals surface area contributed by atoms with Crippen LogP contribution in [0.1, 0.15) is 34.0 Å². The maximum Gasteiger partial charge on any atom is 0.338 e. The van der Waals surface area contributed by atoms with Gasteiger partial charge in [0.1, 0.15) is 11.6 Å². The molecular formula is C19H20F2O3S. The van der Waals surface area contributed by atoms with Gasteiger partial charge in [0.2, 0.25) is 0 Å². The van der Waals surface area contributed by atoms with Gasteiger partial charge in [-0.2, -0.15) is 0 Å². The lowest BCUT2D eigenvalue weighted by atomic mass is 9.98. The maximum absolute atomic E-state index is 14.2. The number of rotatable bonds is 6. The van der Waals surface area contributed by atoms with Gasteiger partial charge in [0.15, 0.2) is 0 Å². The molecule has 2 aromatic carbocycles. The molecule has 0 fully saturated rings. The molecule has 0 saturated carbocycles. The zero-order valence-electron chi connectivity index (χ0n) is 14.4. The van der Waals surface area contributed by atoms with Crippen LogP contribution in [0.15, 0.2) is 35.2 Å². The second kappa shape index (κ2) is 8.34. The van der Waals surface area contributed by atoms with E-state index >= 15 is 0 Å². The van der Waals surface area contributed by atoms with Gasteiger partial charge in [-0.25, -0.2) is 13.6 Å². The third kappa shape index (κ3) is 4.51. The largest absolute Gasteiger partial charge is 0.465 e. The van der Waals surface area contributed by atoms with Crippen molar-refractivity contribution >= 4 is 16.8 Å². The summed E-state index contributed by atoms with van der Waals surface area (Å²) in [5, 5.41) is 0. The molecule has 3 nitrogen and oxygen atoms in total. The minimum absolute atomic E-state index is 0.132. The summed E-state index contributed by atoms with van der Waals surface area (Å²) in [4.78, 5) is 12.4. The molecule has 0 amide bonds. The molecule has 0 N–H and O–H groups in total. The van der Waals surface area contributed by atoms with E-state index in [1.165, 1.54) is 25.3 Å². The Morgan fingerprint density at radius 3 is 2.44 bits per heavy atom. The minimum atomic E-state index is -1.18. The number of aryl methyl sites for hydroxylation is 3. The second-order valence-corrected chi connectivity index (χ2v) is 7.34. The minimum Gasteiger partial charge on any atom is -0.465 e. The van der Waals surface area contributed by atoms with Gasteiger partial charge in [-0.15, -0.1) is 0 Å². The molecule has 0 aliphatic rings. The van der Waals surface area contributed by atoms with Crippen LogP contribution in [0.3, 0.4) is 0 Å². The molecule has 0 aliphatic heterocycles. The monoisotopic (exact) mass is 366 g/mol. The van der Waals surface area contributed by atoms with Crippen molar-refractivity contribution in [3.8, 4) is 0 Å². The molecule has 0 spiro atoms. The Morgan fingerprint density at radius 2 is 1.80 bits per heavy atom. The van der Waals surface area contributed by atoms with Gasteiger partial charge in [-0.05, 0) is 60.7 Å². The van der Waals surface area contributed by atoms with Gasteiger partial charge in [0.25, 0.3) is 0 Å². The average molecular weight is 366 g/mol. The van der Waals surface area contributed by atoms with Gasteiger partial charge in [0, 0.05) is 10.6 Å². The molecule has 0 aliphatic carbocycles. The summed E-state index contributed by atoms with van der Waals surface area (Å²) in [5.41, 5.74) is 1.78. The fourth-order valence-electron chi connectivity index (χ4n) is 2.62. The van der Waals surface area contributed by atoms with E-state index in [0.29, 0.717) is 40.2 Å². The summed E-state index contributed by atoms with van der Waals surface area (Å²) in [5.74, 6) is -1.09. The van der Waals surface area contributed by atoms with E-state index < -0.39 is 22.6 Å². The van der Waals surface area contributed by atoms with Crippen LogP contribution in [0.25, 0.3) is 0 Å². The first-order valence-electron chi connectivity index (χ1n) is 7.91. The molecule has 2 rings (SSSR count). The Labute approximate surface area is 148 Å². The predicted molar refractivity (Wildman–Crippen MR) is 93.2 cm³/mol. The van der Waals surface area contributed by atoms with Crippen LogP contribution < -0.4 is 0 Å². The highest BCUT2D eigenvalue weighted by Gasteiger charge is 2.15. The van der Waals surface area contributed by atoms with Crippen molar-refractivity contribution in [3.63, 3.8) is 0 Å². The van der Waals surface area contributed by atoms with E-state index in [-0.39, 0.29) is 11.4 Å². The summed E-state index contributed by atoms with van der Waals surface area (Å²) in [6, 6.07) is 6.86. The first kappa shape index (κ1) is 19.2. The van der Waals surface area contributed by atoms with Gasteiger partial charge in [0.05, 0.1) is 23.5 Å². The van der Waals surface area contributed by atoms with Gasteiger partial charge >= 0.3 is 5.97 Å². The Morgan fingerprint density at radius 1 is 1.12 bits per heavy atom. The quantitative estimate of drug-likeness (QED) is 0.727. The van der Waals surface area contributed by atoms with Gasteiger partial charge < -0.3 is 4.74 Å². The molecule has 0 bridgehead atoms. The molecule has 0 aromatic heterocycles. The van der Waals surface area contributed by atoms with E-state index in [4.69, 9.17) is 0 Å². The Kier molecular flexibility index (Phi) is 6.42. The Balaban J connectivity index is 2.30. The number of ether oxygens (including phenoxy) is 1. The third-order valence-electron chi connectivity index (χ3n) is 3.99. The van der Waals surface area contributed by atoms with E-state index in [1.807, 2.05) is 0 Å². The predicted octanol–water partition coefficient (Wildman–Crippen LogP) is 3.97. The Bertz CT molecular complexity index is 819. The van der Waals surface area contributed by atoms with Crippen molar-refractivity contribution in [1.82, 2.24) is 0 Å². The van der Waals surface area contributed by atoms with Crippen LogP contribution in [-0.2, 0) is 28.4 Å². The van der Waals surface area contributed by atoms with Crippen molar-refractivity contribution in [3.05, 3.63) is 64.2 Å². The van der Waals surface area contributed by atoms with E-state index in [9.17, 15) is 17.8 Å². The highest BCUT2D eigenvalue weighted by molar-refractivity contribution is 7.85. The van der Waals surface area contributed by atoms with Gasteiger partial charge in [-0.1, -0.05) is 13.0 Å². The van der Waals surface area contributed by atoms with E-state index in [2.05, 4.69) is 4.74 Å². The summed E-state index contributed by atoms with van der Waals surface area (Å²) in [6.07, 6.45) is 0.637. The van der Waals surface area contributed by atoms with Crippen LogP contribution >= 0.6 is 0 Å². The fourth-order valence-corrected chi connectivity index (χ4v) is 3.63. The topological polar surface area (TPSA) is 43.4 Å². The Hall–Kier alpha value is -2.08. The summed E-state index contributed by atoms with van der Waals surface area (Å²) in [7, 11) is 0.0500. The SMILES string of the molecule is CCS(=O)c1cc(CCc2ccc(F)cc2C(=O)OC)c(F)cc1C. The van der Waals surface area contributed by atoms with Crippen molar-refractivity contribution < 1.29 is 22.5 Å². The summed E-state index contributed by atoms with van der Waals surface area (Å²) >= 11 is 0. The molecule has 6 heteroatoms. The lowest BCUT2D eigenvalue weighted by Gasteiger charge is -2.11. The second-order valence-electron chi connectivity index (χ2n) is 5.64. The molecule has 134 valence electrons. The van der Waals surface area contributed by atoms with Crippen molar-refractivity contribution in [2.24, 2.45) is 0 Å². The number of hydrogen-bond acceptors (Lipinski definition) is 3. The molecule has 2 aromatic rings. The molecular weight excluding hydrogens is 346 g/mol. The fraction of sp³-hybridized carbons (Fsp3) is 0.316. The summed E-state index contributed by atoms with van der Waals surface area (Å²) < 4.78 is 44.4. The zero-order chi connectivity index (χ0) is 18.6. The smallest absolute Gasteiger partial charge is 0.338 e. The normalized spacial score (nSPS) is 12.0. The number of carbonyl (C=O) groups excluding carboxylic acids is 1. The van der Waals surface area contributed by atoms with Crippen LogP contribution in [0.2, 0.25) is 0 Å². The first-order chi connectivity index (χ1) is 11.9. The van der Waals surface area contributed by atoms with Crippen LogP contribution in [0, 0.1) is 18.6 Å². The van der Waals surface area contributed by atoms with Crippen molar-refractivity contribution in [2.45, 2.75) is 31.6 Å². The standard InChI is InChI=1S/C19H20F2O3S/c1-4-25(23)18-10-14(17(21)9-12(18)2)6-5-13-7-8-15(20)11-16(13)19(22)24-3/h7-11H,4-6H2,1-3H3. The summed E-state index contributed by atoms with van der Waals surface area (Å²) in [6.45, 7) is 3.53.